The topological polar surface area (TPSA) is 113 Å². The Morgan fingerprint density at radius 2 is 1.81 bits per heavy atom. The van der Waals surface area contributed by atoms with Crippen molar-refractivity contribution in [2.24, 2.45) is 34.0 Å². The molecule has 27 heavy (non-hydrogen) atoms. The van der Waals surface area contributed by atoms with Gasteiger partial charge in [-0.05, 0) is 29.7 Å². The van der Waals surface area contributed by atoms with Crippen LogP contribution in [0.5, 0.6) is 0 Å². The maximum absolute atomic E-state index is 13.2. The van der Waals surface area contributed by atoms with E-state index < -0.39 is 58.7 Å². The molecule has 0 aromatic rings. The number of carbonyl (C=O) groups excluding carboxylic acids is 2. The van der Waals surface area contributed by atoms with Gasteiger partial charge in [-0.25, -0.2) is 0 Å². The van der Waals surface area contributed by atoms with Gasteiger partial charge in [0.1, 0.15) is 11.5 Å². The van der Waals surface area contributed by atoms with Crippen molar-refractivity contribution < 1.29 is 34.4 Å². The molecule has 148 valence electrons. The summed E-state index contributed by atoms with van der Waals surface area (Å²) in [5.41, 5.74) is -2.72. The third kappa shape index (κ3) is 1.74. The first-order valence-corrected chi connectivity index (χ1v) is 9.69. The summed E-state index contributed by atoms with van der Waals surface area (Å²) in [6.07, 6.45) is -2.71. The molecule has 3 aliphatic carbocycles. The number of carbonyl (C=O) groups is 2. The second-order valence-corrected chi connectivity index (χ2v) is 9.77. The lowest BCUT2D eigenvalue weighted by Gasteiger charge is -2.63. The van der Waals surface area contributed by atoms with E-state index in [0.29, 0.717) is 18.4 Å². The van der Waals surface area contributed by atoms with Crippen molar-refractivity contribution in [3.63, 3.8) is 0 Å². The first-order valence-electron chi connectivity index (χ1n) is 9.69. The first-order chi connectivity index (χ1) is 12.6. The minimum Gasteiger partial charge on any atom is -0.461 e. The summed E-state index contributed by atoms with van der Waals surface area (Å²) in [5.74, 6) is -2.47. The maximum atomic E-state index is 13.2. The molecule has 7 heteroatoms. The minimum atomic E-state index is -1.46. The number of ketones is 1. The fourth-order valence-electron chi connectivity index (χ4n) is 7.29. The van der Waals surface area contributed by atoms with E-state index in [-0.39, 0.29) is 24.7 Å². The Labute approximate surface area is 157 Å². The normalized spacial score (nSPS) is 55.6. The molecule has 3 N–H and O–H groups in total. The van der Waals surface area contributed by atoms with Gasteiger partial charge in [0.2, 0.25) is 0 Å². The monoisotopic (exact) mass is 378 g/mol. The van der Waals surface area contributed by atoms with Gasteiger partial charge in [-0.3, -0.25) is 9.59 Å². The molecule has 5 aliphatic rings. The molecule has 2 saturated heterocycles. The molecular formula is C20H26O7. The summed E-state index contributed by atoms with van der Waals surface area (Å²) in [4.78, 5) is 26.3. The third-order valence-electron chi connectivity index (χ3n) is 8.46. The summed E-state index contributed by atoms with van der Waals surface area (Å²) >= 11 is 0. The van der Waals surface area contributed by atoms with Crippen LogP contribution in [0.1, 0.15) is 33.1 Å². The van der Waals surface area contributed by atoms with Crippen molar-refractivity contribution in [1.82, 2.24) is 0 Å². The average Bonchev–Trinajstić information content (AvgIpc) is 3.03. The summed E-state index contributed by atoms with van der Waals surface area (Å²) in [6.45, 7) is 7.68. The fourth-order valence-corrected chi connectivity index (χ4v) is 7.29. The van der Waals surface area contributed by atoms with Gasteiger partial charge < -0.3 is 24.8 Å². The fraction of sp³-hybridized carbons (Fsp3) is 0.800. The number of Topliss-reactive ketones (excluding diaryl/α,β-unsaturated/α-hetero) is 1. The standard InChI is InChI=1S/C20H26O7/c1-8-9-4-10(21)13-19(6-9,15(8)23)17(25)27-12-5-11(22)18(2,3)14-16(24)26-7-20(12,13)14/h9-14,16,21-22,24H,1,4-7H2,2-3H3/t9-,10+,11-,12-,13+,14+,16+,19-,20?/m0/s1. The van der Waals surface area contributed by atoms with Gasteiger partial charge >= 0.3 is 5.97 Å². The lowest BCUT2D eigenvalue weighted by molar-refractivity contribution is -0.267. The van der Waals surface area contributed by atoms with Crippen molar-refractivity contribution in [3.05, 3.63) is 12.2 Å². The lowest BCUT2D eigenvalue weighted by Crippen LogP contribution is -2.72. The van der Waals surface area contributed by atoms with Crippen LogP contribution in [0, 0.1) is 34.0 Å². The maximum Gasteiger partial charge on any atom is 0.320 e. The van der Waals surface area contributed by atoms with Gasteiger partial charge in [-0.2, -0.15) is 0 Å². The molecule has 2 heterocycles. The summed E-state index contributed by atoms with van der Waals surface area (Å²) < 4.78 is 11.5. The average molecular weight is 378 g/mol. The highest BCUT2D eigenvalue weighted by Crippen LogP contribution is 2.71. The minimum absolute atomic E-state index is 0.0842. The molecular weight excluding hydrogens is 352 g/mol. The second-order valence-electron chi connectivity index (χ2n) is 9.77. The van der Waals surface area contributed by atoms with E-state index in [1.807, 2.05) is 13.8 Å². The highest BCUT2D eigenvalue weighted by atomic mass is 16.6. The predicted octanol–water partition coefficient (Wildman–Crippen LogP) is 0.166. The molecule has 5 rings (SSSR count). The van der Waals surface area contributed by atoms with Crippen molar-refractivity contribution in [3.8, 4) is 0 Å². The highest BCUT2D eigenvalue weighted by molar-refractivity contribution is 6.15. The number of esters is 1. The Hall–Kier alpha value is -1.28. The van der Waals surface area contributed by atoms with Crippen LogP contribution in [0.3, 0.4) is 0 Å². The summed E-state index contributed by atoms with van der Waals surface area (Å²) in [7, 11) is 0. The zero-order valence-electron chi connectivity index (χ0n) is 15.6. The van der Waals surface area contributed by atoms with E-state index in [4.69, 9.17) is 9.47 Å². The van der Waals surface area contributed by atoms with Crippen LogP contribution in [0.4, 0.5) is 0 Å². The molecule has 0 aromatic carbocycles. The predicted molar refractivity (Wildman–Crippen MR) is 91.0 cm³/mol. The van der Waals surface area contributed by atoms with Crippen LogP contribution in [-0.2, 0) is 19.1 Å². The van der Waals surface area contributed by atoms with E-state index in [9.17, 15) is 24.9 Å². The third-order valence-corrected chi connectivity index (χ3v) is 8.46. The van der Waals surface area contributed by atoms with Crippen molar-refractivity contribution >= 4 is 11.8 Å². The number of allylic oxidation sites excluding steroid dienone is 1. The van der Waals surface area contributed by atoms with Crippen LogP contribution >= 0.6 is 0 Å². The SMILES string of the molecule is C=C1C(=O)[C@]23C[C@@H]1C[C@@H](O)[C@H]2C12CO[C@@H](O)[C@@H]1C(C)(C)[C@@H](O)C[C@@H]2OC3=O. The van der Waals surface area contributed by atoms with E-state index in [2.05, 4.69) is 6.58 Å². The first kappa shape index (κ1) is 17.8. The molecule has 0 radical (unpaired) electrons. The van der Waals surface area contributed by atoms with Crippen molar-refractivity contribution in [2.45, 2.75) is 57.7 Å². The van der Waals surface area contributed by atoms with E-state index in [1.165, 1.54) is 0 Å². The van der Waals surface area contributed by atoms with Gasteiger partial charge in [0.25, 0.3) is 0 Å². The largest absolute Gasteiger partial charge is 0.461 e. The molecule has 0 amide bonds. The number of rotatable bonds is 0. The van der Waals surface area contributed by atoms with Crippen molar-refractivity contribution in [1.29, 1.82) is 0 Å². The van der Waals surface area contributed by atoms with Gasteiger partial charge in [-0.15, -0.1) is 0 Å². The van der Waals surface area contributed by atoms with E-state index >= 15 is 0 Å². The van der Waals surface area contributed by atoms with E-state index in [1.54, 1.807) is 0 Å². The van der Waals surface area contributed by atoms with Crippen LogP contribution in [0.25, 0.3) is 0 Å². The Bertz CT molecular complexity index is 759. The number of hydrogen-bond donors (Lipinski definition) is 3. The van der Waals surface area contributed by atoms with Gasteiger partial charge in [0.05, 0.1) is 18.8 Å². The molecule has 9 atom stereocenters. The smallest absolute Gasteiger partial charge is 0.320 e. The van der Waals surface area contributed by atoms with Crippen molar-refractivity contribution in [2.75, 3.05) is 6.61 Å². The number of aliphatic hydroxyl groups excluding tert-OH is 3. The van der Waals surface area contributed by atoms with Crippen LogP contribution < -0.4 is 0 Å². The Morgan fingerprint density at radius 1 is 1.11 bits per heavy atom. The van der Waals surface area contributed by atoms with Crippen LogP contribution in [-0.4, -0.2) is 58.3 Å². The zero-order valence-corrected chi connectivity index (χ0v) is 15.6. The number of aliphatic hydroxyl groups is 3. The molecule has 1 unspecified atom stereocenters. The number of hydrogen-bond acceptors (Lipinski definition) is 7. The highest BCUT2D eigenvalue weighted by Gasteiger charge is 2.80. The Balaban J connectivity index is 1.75. The Morgan fingerprint density at radius 3 is 2.52 bits per heavy atom. The molecule has 0 aromatic heterocycles. The molecule has 2 bridgehead atoms. The molecule has 5 fully saturated rings. The molecule has 7 nitrogen and oxygen atoms in total. The molecule has 2 spiro atoms. The van der Waals surface area contributed by atoms with Gasteiger partial charge in [0.15, 0.2) is 12.1 Å². The number of ether oxygens (including phenoxy) is 2. The van der Waals surface area contributed by atoms with E-state index in [0.717, 1.165) is 0 Å². The summed E-state index contributed by atoms with van der Waals surface area (Å²) in [6, 6.07) is 0. The van der Waals surface area contributed by atoms with Gasteiger partial charge in [-0.1, -0.05) is 20.4 Å². The van der Waals surface area contributed by atoms with Crippen LogP contribution in [0.2, 0.25) is 0 Å². The Kier molecular flexibility index (Phi) is 3.30. The van der Waals surface area contributed by atoms with Crippen LogP contribution in [0.15, 0.2) is 12.2 Å². The quantitative estimate of drug-likeness (QED) is 0.313. The summed E-state index contributed by atoms with van der Waals surface area (Å²) in [5, 5.41) is 32.5. The second kappa shape index (κ2) is 5.00. The molecule has 2 aliphatic heterocycles. The lowest BCUT2D eigenvalue weighted by atomic mass is 9.43. The number of fused-ring (bicyclic) bond motifs is 1. The zero-order chi connectivity index (χ0) is 19.5. The van der Waals surface area contributed by atoms with Gasteiger partial charge in [0, 0.05) is 23.7 Å². The molecule has 3 saturated carbocycles.